The third kappa shape index (κ3) is 5.30. The summed E-state index contributed by atoms with van der Waals surface area (Å²) in [6.45, 7) is 6.76. The first-order valence-corrected chi connectivity index (χ1v) is 8.64. The molecular formula is C18H25N5O2. The summed E-state index contributed by atoms with van der Waals surface area (Å²) in [6, 6.07) is 9.81. The van der Waals surface area contributed by atoms with E-state index >= 15 is 0 Å². The van der Waals surface area contributed by atoms with Crippen molar-refractivity contribution < 1.29 is 9.53 Å². The Labute approximate surface area is 148 Å². The molecular weight excluding hydrogens is 318 g/mol. The average Bonchev–Trinajstić information content (AvgIpc) is 3.16. The molecule has 2 amide bonds. The standard InChI is InChI=1S/C18H25N5O2/c1-15(14-22-9-11-25-12-10-22)21-18(24)19-13-16-3-5-17(6-4-16)23-8-2-7-20-23/h2-8,15H,9-14H2,1H3,(H2,19,21,24). The number of hydrogen-bond acceptors (Lipinski definition) is 4. The SMILES string of the molecule is CC(CN1CCOCC1)NC(=O)NCc1ccc(-n2cccn2)cc1. The smallest absolute Gasteiger partial charge is 0.315 e. The molecule has 1 saturated heterocycles. The van der Waals surface area contributed by atoms with E-state index in [9.17, 15) is 4.79 Å². The van der Waals surface area contributed by atoms with Crippen molar-refractivity contribution in [3.05, 3.63) is 48.3 Å². The lowest BCUT2D eigenvalue weighted by atomic mass is 10.2. The van der Waals surface area contributed by atoms with Crippen LogP contribution in [0, 0.1) is 0 Å². The van der Waals surface area contributed by atoms with Gasteiger partial charge in [0.2, 0.25) is 0 Å². The summed E-state index contributed by atoms with van der Waals surface area (Å²) in [6.07, 6.45) is 3.65. The number of benzene rings is 1. The molecule has 25 heavy (non-hydrogen) atoms. The van der Waals surface area contributed by atoms with Gasteiger partial charge < -0.3 is 15.4 Å². The lowest BCUT2D eigenvalue weighted by Crippen LogP contribution is -2.48. The summed E-state index contributed by atoms with van der Waals surface area (Å²) in [4.78, 5) is 14.4. The van der Waals surface area contributed by atoms with Crippen molar-refractivity contribution in [2.45, 2.75) is 19.5 Å². The number of nitrogens with one attached hydrogen (secondary N) is 2. The Morgan fingerprint density at radius 2 is 2.04 bits per heavy atom. The summed E-state index contributed by atoms with van der Waals surface area (Å²) in [7, 11) is 0. The molecule has 0 aliphatic carbocycles. The van der Waals surface area contributed by atoms with Gasteiger partial charge in [0.1, 0.15) is 0 Å². The van der Waals surface area contributed by atoms with Gasteiger partial charge in [-0.1, -0.05) is 12.1 Å². The Balaban J connectivity index is 1.41. The van der Waals surface area contributed by atoms with Crippen LogP contribution in [0.5, 0.6) is 0 Å². The minimum atomic E-state index is -0.142. The monoisotopic (exact) mass is 343 g/mol. The fourth-order valence-corrected chi connectivity index (χ4v) is 2.86. The van der Waals surface area contributed by atoms with E-state index in [1.807, 2.05) is 43.5 Å². The highest BCUT2D eigenvalue weighted by Gasteiger charge is 2.15. The van der Waals surface area contributed by atoms with Crippen LogP contribution in [0.25, 0.3) is 5.69 Å². The van der Waals surface area contributed by atoms with Crippen molar-refractivity contribution in [3.8, 4) is 5.69 Å². The van der Waals surface area contributed by atoms with E-state index in [-0.39, 0.29) is 12.1 Å². The summed E-state index contributed by atoms with van der Waals surface area (Å²) in [5.41, 5.74) is 2.05. The number of aromatic nitrogens is 2. The second-order valence-electron chi connectivity index (χ2n) is 6.26. The van der Waals surface area contributed by atoms with Crippen molar-refractivity contribution in [3.63, 3.8) is 0 Å². The number of amides is 2. The predicted molar refractivity (Wildman–Crippen MR) is 95.7 cm³/mol. The predicted octanol–water partition coefficient (Wildman–Crippen LogP) is 1.39. The van der Waals surface area contributed by atoms with Crippen molar-refractivity contribution >= 4 is 6.03 Å². The van der Waals surface area contributed by atoms with Gasteiger partial charge >= 0.3 is 6.03 Å². The molecule has 2 heterocycles. The Morgan fingerprint density at radius 1 is 1.28 bits per heavy atom. The molecule has 7 heteroatoms. The highest BCUT2D eigenvalue weighted by molar-refractivity contribution is 5.74. The molecule has 0 bridgehead atoms. The Kier molecular flexibility index (Phi) is 6.03. The number of ether oxygens (including phenoxy) is 1. The van der Waals surface area contributed by atoms with Crippen LogP contribution >= 0.6 is 0 Å². The molecule has 1 aliphatic heterocycles. The molecule has 3 rings (SSSR count). The highest BCUT2D eigenvalue weighted by Crippen LogP contribution is 2.08. The third-order valence-corrected chi connectivity index (χ3v) is 4.17. The molecule has 2 N–H and O–H groups in total. The summed E-state index contributed by atoms with van der Waals surface area (Å²) < 4.78 is 7.14. The van der Waals surface area contributed by atoms with Crippen LogP contribution < -0.4 is 10.6 Å². The number of hydrogen-bond donors (Lipinski definition) is 2. The van der Waals surface area contributed by atoms with Gasteiger partial charge in [0, 0.05) is 44.6 Å². The number of urea groups is 1. The Hall–Kier alpha value is -2.38. The normalized spacial score (nSPS) is 16.4. The molecule has 1 aromatic heterocycles. The number of carbonyl (C=O) groups excluding carboxylic acids is 1. The number of rotatable bonds is 6. The summed E-state index contributed by atoms with van der Waals surface area (Å²) >= 11 is 0. The third-order valence-electron chi connectivity index (χ3n) is 4.17. The van der Waals surface area contributed by atoms with Crippen LogP contribution in [-0.2, 0) is 11.3 Å². The van der Waals surface area contributed by atoms with Gasteiger partial charge in [0.05, 0.1) is 18.9 Å². The second kappa shape index (κ2) is 8.64. The fraction of sp³-hybridized carbons (Fsp3) is 0.444. The number of carbonyl (C=O) groups is 1. The largest absolute Gasteiger partial charge is 0.379 e. The minimum absolute atomic E-state index is 0.0975. The first kappa shape index (κ1) is 17.4. The zero-order valence-corrected chi connectivity index (χ0v) is 14.5. The van der Waals surface area contributed by atoms with Gasteiger partial charge in [0.25, 0.3) is 0 Å². The average molecular weight is 343 g/mol. The van der Waals surface area contributed by atoms with E-state index in [0.717, 1.165) is 44.1 Å². The number of morpholine rings is 1. The molecule has 2 aromatic rings. The lowest BCUT2D eigenvalue weighted by molar-refractivity contribution is 0.0349. The maximum atomic E-state index is 12.0. The first-order valence-electron chi connectivity index (χ1n) is 8.64. The van der Waals surface area contributed by atoms with Crippen LogP contribution in [0.1, 0.15) is 12.5 Å². The van der Waals surface area contributed by atoms with Crippen LogP contribution in [0.3, 0.4) is 0 Å². The first-order chi connectivity index (χ1) is 12.2. The number of nitrogens with zero attached hydrogens (tertiary/aromatic N) is 3. The van der Waals surface area contributed by atoms with Gasteiger partial charge in [-0.25, -0.2) is 9.48 Å². The minimum Gasteiger partial charge on any atom is -0.379 e. The molecule has 1 unspecified atom stereocenters. The maximum absolute atomic E-state index is 12.0. The van der Waals surface area contributed by atoms with E-state index in [2.05, 4.69) is 20.6 Å². The quantitative estimate of drug-likeness (QED) is 0.832. The lowest BCUT2D eigenvalue weighted by Gasteiger charge is -2.29. The molecule has 1 fully saturated rings. The molecule has 1 aliphatic rings. The molecule has 1 atom stereocenters. The van der Waals surface area contributed by atoms with Gasteiger partial charge in [-0.05, 0) is 30.7 Å². The van der Waals surface area contributed by atoms with Crippen LogP contribution in [-0.4, -0.2) is 59.6 Å². The van der Waals surface area contributed by atoms with Crippen molar-refractivity contribution in [1.82, 2.24) is 25.3 Å². The summed E-state index contributed by atoms with van der Waals surface area (Å²) in [5, 5.41) is 10.1. The van der Waals surface area contributed by atoms with E-state index in [1.54, 1.807) is 10.9 Å². The molecule has 0 spiro atoms. The maximum Gasteiger partial charge on any atom is 0.315 e. The van der Waals surface area contributed by atoms with Gasteiger partial charge in [-0.3, -0.25) is 4.90 Å². The molecule has 1 aromatic carbocycles. The van der Waals surface area contributed by atoms with Gasteiger partial charge in [0.15, 0.2) is 0 Å². The molecule has 7 nitrogen and oxygen atoms in total. The Morgan fingerprint density at radius 3 is 2.72 bits per heavy atom. The zero-order chi connectivity index (χ0) is 17.5. The fourth-order valence-electron chi connectivity index (χ4n) is 2.86. The molecule has 134 valence electrons. The summed E-state index contributed by atoms with van der Waals surface area (Å²) in [5.74, 6) is 0. The van der Waals surface area contributed by atoms with Gasteiger partial charge in [-0.15, -0.1) is 0 Å². The van der Waals surface area contributed by atoms with Gasteiger partial charge in [-0.2, -0.15) is 5.10 Å². The van der Waals surface area contributed by atoms with E-state index in [1.165, 1.54) is 0 Å². The topological polar surface area (TPSA) is 71.4 Å². The van der Waals surface area contributed by atoms with E-state index in [0.29, 0.717) is 6.54 Å². The van der Waals surface area contributed by atoms with Crippen molar-refractivity contribution in [1.29, 1.82) is 0 Å². The second-order valence-corrected chi connectivity index (χ2v) is 6.26. The van der Waals surface area contributed by atoms with Crippen LogP contribution in [0.15, 0.2) is 42.7 Å². The Bertz CT molecular complexity index is 651. The highest BCUT2D eigenvalue weighted by atomic mass is 16.5. The van der Waals surface area contributed by atoms with Crippen molar-refractivity contribution in [2.75, 3.05) is 32.8 Å². The zero-order valence-electron chi connectivity index (χ0n) is 14.5. The van der Waals surface area contributed by atoms with Crippen molar-refractivity contribution in [2.24, 2.45) is 0 Å². The molecule has 0 radical (unpaired) electrons. The molecule has 0 saturated carbocycles. The van der Waals surface area contributed by atoms with E-state index in [4.69, 9.17) is 4.74 Å². The van der Waals surface area contributed by atoms with Crippen LogP contribution in [0.2, 0.25) is 0 Å². The van der Waals surface area contributed by atoms with E-state index < -0.39 is 0 Å². The van der Waals surface area contributed by atoms with Crippen LogP contribution in [0.4, 0.5) is 4.79 Å².